The van der Waals surface area contributed by atoms with Crippen LogP contribution < -0.4 is 24.2 Å². The van der Waals surface area contributed by atoms with Crippen LogP contribution in [-0.2, 0) is 21.2 Å². The van der Waals surface area contributed by atoms with Crippen LogP contribution in [0.5, 0.6) is 17.2 Å². The van der Waals surface area contributed by atoms with Crippen LogP contribution in [0.2, 0.25) is 0 Å². The van der Waals surface area contributed by atoms with Gasteiger partial charge in [0.25, 0.3) is 10.0 Å². The molecule has 0 aliphatic carbocycles. The number of hydrogen-bond donors (Lipinski definition) is 2. The lowest BCUT2D eigenvalue weighted by molar-refractivity contribution is -0.116. The van der Waals surface area contributed by atoms with E-state index in [1.165, 1.54) is 25.3 Å². The average Bonchev–Trinajstić information content (AvgIpc) is 2.87. The lowest BCUT2D eigenvalue weighted by atomic mass is 10.1. The second-order valence-corrected chi connectivity index (χ2v) is 9.12. The van der Waals surface area contributed by atoms with Crippen molar-refractivity contribution < 1.29 is 27.4 Å². The van der Waals surface area contributed by atoms with Crippen LogP contribution in [0.1, 0.15) is 11.1 Å². The summed E-state index contributed by atoms with van der Waals surface area (Å²) in [5.74, 6) is 1.46. The molecule has 0 fully saturated rings. The van der Waals surface area contributed by atoms with E-state index in [0.29, 0.717) is 41.5 Å². The normalized spacial score (nSPS) is 11.2. The zero-order valence-corrected chi connectivity index (χ0v) is 20.6. The lowest BCUT2D eigenvalue weighted by Gasteiger charge is -2.11. The molecule has 0 spiro atoms. The first-order valence-corrected chi connectivity index (χ1v) is 12.3. The number of carbonyl (C=O) groups excluding carboxylic acids is 1. The number of anilines is 1. The quantitative estimate of drug-likeness (QED) is 0.391. The van der Waals surface area contributed by atoms with Gasteiger partial charge in [-0.25, -0.2) is 8.42 Å². The lowest BCUT2D eigenvalue weighted by Crippen LogP contribution is -2.23. The molecule has 0 saturated carbocycles. The SMILES string of the molecule is COc1ccccc1NS(=O)(=O)c1ccc(/C=C/C(=O)NCCc2ccc(OC)c(OC)c2)cc1. The number of benzene rings is 3. The van der Waals surface area contributed by atoms with Crippen LogP contribution in [0.25, 0.3) is 6.08 Å². The molecule has 0 radical (unpaired) electrons. The number of sulfonamides is 1. The van der Waals surface area contributed by atoms with E-state index in [-0.39, 0.29) is 10.8 Å². The van der Waals surface area contributed by atoms with Gasteiger partial charge in [-0.3, -0.25) is 9.52 Å². The molecule has 3 aromatic rings. The molecule has 0 bridgehead atoms. The minimum atomic E-state index is -3.79. The van der Waals surface area contributed by atoms with Crippen LogP contribution in [-0.4, -0.2) is 42.2 Å². The molecule has 184 valence electrons. The molecule has 35 heavy (non-hydrogen) atoms. The van der Waals surface area contributed by atoms with Gasteiger partial charge in [-0.05, 0) is 60.0 Å². The van der Waals surface area contributed by atoms with Gasteiger partial charge in [-0.1, -0.05) is 30.3 Å². The minimum absolute atomic E-state index is 0.0972. The van der Waals surface area contributed by atoms with Crippen molar-refractivity contribution >= 4 is 27.7 Å². The molecular formula is C26H28N2O6S. The summed E-state index contributed by atoms with van der Waals surface area (Å²) in [5, 5.41) is 2.83. The van der Waals surface area contributed by atoms with E-state index in [9.17, 15) is 13.2 Å². The van der Waals surface area contributed by atoms with Crippen LogP contribution in [0, 0.1) is 0 Å². The molecule has 0 aliphatic rings. The molecular weight excluding hydrogens is 468 g/mol. The van der Waals surface area contributed by atoms with Crippen molar-refractivity contribution in [3.8, 4) is 17.2 Å². The van der Waals surface area contributed by atoms with Crippen LogP contribution in [0.4, 0.5) is 5.69 Å². The molecule has 0 aromatic heterocycles. The second-order valence-electron chi connectivity index (χ2n) is 7.44. The third-order valence-electron chi connectivity index (χ3n) is 5.13. The van der Waals surface area contributed by atoms with Crippen molar-refractivity contribution in [2.24, 2.45) is 0 Å². The summed E-state index contributed by atoms with van der Waals surface area (Å²) in [7, 11) is 0.836. The zero-order chi connectivity index (χ0) is 25.3. The Morgan fingerprint density at radius 1 is 0.857 bits per heavy atom. The van der Waals surface area contributed by atoms with Gasteiger partial charge < -0.3 is 19.5 Å². The first-order chi connectivity index (χ1) is 16.9. The summed E-state index contributed by atoms with van der Waals surface area (Å²) in [5.41, 5.74) is 2.05. The van der Waals surface area contributed by atoms with E-state index in [4.69, 9.17) is 14.2 Å². The monoisotopic (exact) mass is 496 g/mol. The Labute approximate surface area is 205 Å². The third kappa shape index (κ3) is 7.00. The molecule has 0 unspecified atom stereocenters. The molecule has 3 rings (SSSR count). The van der Waals surface area contributed by atoms with Gasteiger partial charge in [0.05, 0.1) is 31.9 Å². The highest BCUT2D eigenvalue weighted by Crippen LogP contribution is 2.28. The van der Waals surface area contributed by atoms with Gasteiger partial charge in [0.2, 0.25) is 5.91 Å². The van der Waals surface area contributed by atoms with Gasteiger partial charge in [0.1, 0.15) is 5.75 Å². The average molecular weight is 497 g/mol. The van der Waals surface area contributed by atoms with Gasteiger partial charge in [-0.2, -0.15) is 0 Å². The summed E-state index contributed by atoms with van der Waals surface area (Å²) < 4.78 is 43.6. The third-order valence-corrected chi connectivity index (χ3v) is 6.51. The Hall–Kier alpha value is -3.98. The van der Waals surface area contributed by atoms with Crippen molar-refractivity contribution in [2.75, 3.05) is 32.6 Å². The predicted octanol–water partition coefficient (Wildman–Crippen LogP) is 3.89. The summed E-state index contributed by atoms with van der Waals surface area (Å²) >= 11 is 0. The summed E-state index contributed by atoms with van der Waals surface area (Å²) in [6.07, 6.45) is 3.66. The Kier molecular flexibility index (Phi) is 8.74. The first kappa shape index (κ1) is 25.6. The van der Waals surface area contributed by atoms with Gasteiger partial charge in [0, 0.05) is 12.6 Å². The molecule has 0 aliphatic heterocycles. The number of rotatable bonds is 11. The van der Waals surface area contributed by atoms with Crippen molar-refractivity contribution in [1.82, 2.24) is 5.32 Å². The van der Waals surface area contributed by atoms with E-state index >= 15 is 0 Å². The number of amides is 1. The van der Waals surface area contributed by atoms with Crippen molar-refractivity contribution in [3.63, 3.8) is 0 Å². The number of hydrogen-bond acceptors (Lipinski definition) is 6. The number of para-hydroxylation sites is 2. The number of methoxy groups -OCH3 is 3. The standard InChI is InChI=1S/C26H28N2O6S/c1-32-23-7-5-4-6-22(23)28-35(30,31)21-12-8-19(9-13-21)11-15-26(29)27-17-16-20-10-14-24(33-2)25(18-20)34-3/h4-15,18,28H,16-17H2,1-3H3,(H,27,29)/b15-11+. The molecule has 3 aromatic carbocycles. The molecule has 1 amide bonds. The number of ether oxygens (including phenoxy) is 3. The maximum absolute atomic E-state index is 12.7. The summed E-state index contributed by atoms with van der Waals surface area (Å²) in [4.78, 5) is 12.3. The van der Waals surface area contributed by atoms with Crippen LogP contribution >= 0.6 is 0 Å². The highest BCUT2D eigenvalue weighted by atomic mass is 32.2. The second kappa shape index (κ2) is 11.9. The predicted molar refractivity (Wildman–Crippen MR) is 136 cm³/mol. The van der Waals surface area contributed by atoms with Crippen LogP contribution in [0.3, 0.4) is 0 Å². The Bertz CT molecular complexity index is 1290. The highest BCUT2D eigenvalue weighted by Gasteiger charge is 2.16. The Morgan fingerprint density at radius 2 is 1.54 bits per heavy atom. The minimum Gasteiger partial charge on any atom is -0.495 e. The van der Waals surface area contributed by atoms with Crippen molar-refractivity contribution in [1.29, 1.82) is 0 Å². The fourth-order valence-corrected chi connectivity index (χ4v) is 4.36. The largest absolute Gasteiger partial charge is 0.495 e. The first-order valence-electron chi connectivity index (χ1n) is 10.8. The molecule has 2 N–H and O–H groups in total. The van der Waals surface area contributed by atoms with E-state index in [0.717, 1.165) is 5.56 Å². The topological polar surface area (TPSA) is 103 Å². The summed E-state index contributed by atoms with van der Waals surface area (Å²) in [6.45, 7) is 0.449. The van der Waals surface area contributed by atoms with E-state index in [2.05, 4.69) is 10.0 Å². The van der Waals surface area contributed by atoms with Gasteiger partial charge >= 0.3 is 0 Å². The van der Waals surface area contributed by atoms with Gasteiger partial charge in [-0.15, -0.1) is 0 Å². The fourth-order valence-electron chi connectivity index (χ4n) is 3.29. The molecule has 9 heteroatoms. The maximum atomic E-state index is 12.7. The molecule has 0 atom stereocenters. The zero-order valence-electron chi connectivity index (χ0n) is 19.8. The maximum Gasteiger partial charge on any atom is 0.262 e. The van der Waals surface area contributed by atoms with Crippen LogP contribution in [0.15, 0.2) is 77.7 Å². The van der Waals surface area contributed by atoms with Gasteiger partial charge in [0.15, 0.2) is 11.5 Å². The van der Waals surface area contributed by atoms with Crippen molar-refractivity contribution in [3.05, 3.63) is 83.9 Å². The van der Waals surface area contributed by atoms with E-state index in [1.54, 1.807) is 56.7 Å². The molecule has 8 nitrogen and oxygen atoms in total. The highest BCUT2D eigenvalue weighted by molar-refractivity contribution is 7.92. The smallest absolute Gasteiger partial charge is 0.262 e. The van der Waals surface area contributed by atoms with Crippen molar-refractivity contribution in [2.45, 2.75) is 11.3 Å². The molecule has 0 saturated heterocycles. The fraction of sp³-hybridized carbons (Fsp3) is 0.192. The Morgan fingerprint density at radius 3 is 2.23 bits per heavy atom. The van der Waals surface area contributed by atoms with E-state index < -0.39 is 10.0 Å². The Balaban J connectivity index is 1.54. The number of carbonyl (C=O) groups is 1. The summed E-state index contributed by atoms with van der Waals surface area (Å²) in [6, 6.07) is 18.6. The molecule has 0 heterocycles. The number of nitrogens with one attached hydrogen (secondary N) is 2. The van der Waals surface area contributed by atoms with E-state index in [1.807, 2.05) is 18.2 Å².